The van der Waals surface area contributed by atoms with Gasteiger partial charge in [-0.1, -0.05) is 0 Å². The summed E-state index contributed by atoms with van der Waals surface area (Å²) in [7, 11) is 2.39. The second-order valence-corrected chi connectivity index (χ2v) is 5.72. The average Bonchev–Trinajstić information content (AvgIpc) is 2.71. The van der Waals surface area contributed by atoms with Crippen LogP contribution >= 0.6 is 0 Å². The maximum Gasteiger partial charge on any atom is 0.339 e. The normalized spacial score (nSPS) is 10.1. The topological polar surface area (TPSA) is 98.8 Å². The van der Waals surface area contributed by atoms with Gasteiger partial charge < -0.3 is 14.8 Å². The largest absolute Gasteiger partial charge is 0.465 e. The molecule has 0 aliphatic carbocycles. The molecular formula is C20H18FNO6. The lowest BCUT2D eigenvalue weighted by Crippen LogP contribution is -2.17. The number of methoxy groups -OCH3 is 2. The third-order valence-electron chi connectivity index (χ3n) is 3.87. The number of hydrogen-bond acceptors (Lipinski definition) is 6. The number of anilines is 1. The zero-order valence-corrected chi connectivity index (χ0v) is 15.3. The molecule has 0 radical (unpaired) electrons. The van der Waals surface area contributed by atoms with Gasteiger partial charge in [0, 0.05) is 18.4 Å². The highest BCUT2D eigenvalue weighted by atomic mass is 19.1. The Bertz CT molecular complexity index is 907. The lowest BCUT2D eigenvalue weighted by atomic mass is 10.1. The van der Waals surface area contributed by atoms with Crippen molar-refractivity contribution in [2.75, 3.05) is 19.5 Å². The van der Waals surface area contributed by atoms with E-state index in [4.69, 9.17) is 0 Å². The Labute approximate surface area is 160 Å². The molecule has 0 aliphatic heterocycles. The fourth-order valence-electron chi connectivity index (χ4n) is 2.40. The van der Waals surface area contributed by atoms with Crippen molar-refractivity contribution in [3.63, 3.8) is 0 Å². The molecule has 0 saturated heterocycles. The van der Waals surface area contributed by atoms with Crippen molar-refractivity contribution in [1.29, 1.82) is 0 Å². The monoisotopic (exact) mass is 387 g/mol. The quantitative estimate of drug-likeness (QED) is 0.579. The first-order valence-electron chi connectivity index (χ1n) is 8.25. The minimum Gasteiger partial charge on any atom is -0.465 e. The summed E-state index contributed by atoms with van der Waals surface area (Å²) in [6, 6.07) is 8.99. The van der Waals surface area contributed by atoms with Crippen LogP contribution in [0, 0.1) is 5.82 Å². The first kappa shape index (κ1) is 20.8. The Kier molecular flexibility index (Phi) is 6.97. The van der Waals surface area contributed by atoms with Crippen molar-refractivity contribution in [2.45, 2.75) is 12.8 Å². The minimum atomic E-state index is -0.700. The molecule has 146 valence electrons. The highest BCUT2D eigenvalue weighted by Crippen LogP contribution is 2.20. The van der Waals surface area contributed by atoms with E-state index in [9.17, 15) is 23.6 Å². The Morgan fingerprint density at radius 1 is 0.857 bits per heavy atom. The summed E-state index contributed by atoms with van der Waals surface area (Å²) in [5.41, 5.74) is 0.535. The van der Waals surface area contributed by atoms with Crippen LogP contribution in [0.5, 0.6) is 0 Å². The smallest absolute Gasteiger partial charge is 0.339 e. The summed E-state index contributed by atoms with van der Waals surface area (Å²) in [6.45, 7) is 0. The van der Waals surface area contributed by atoms with Gasteiger partial charge >= 0.3 is 11.9 Å². The van der Waals surface area contributed by atoms with Gasteiger partial charge in [0.25, 0.3) is 0 Å². The zero-order chi connectivity index (χ0) is 20.7. The van der Waals surface area contributed by atoms with Gasteiger partial charge in [-0.05, 0) is 42.5 Å². The third kappa shape index (κ3) is 5.23. The molecule has 0 aromatic heterocycles. The fourth-order valence-corrected chi connectivity index (χ4v) is 2.40. The second-order valence-electron chi connectivity index (χ2n) is 5.72. The summed E-state index contributed by atoms with van der Waals surface area (Å²) in [5, 5.41) is 2.50. The van der Waals surface area contributed by atoms with Gasteiger partial charge in [0.15, 0.2) is 5.78 Å². The average molecular weight is 387 g/mol. The maximum absolute atomic E-state index is 12.9. The number of ether oxygens (including phenoxy) is 2. The lowest BCUT2D eigenvalue weighted by molar-refractivity contribution is -0.116. The summed E-state index contributed by atoms with van der Waals surface area (Å²) in [6.07, 6.45) is -0.277. The highest BCUT2D eigenvalue weighted by molar-refractivity contribution is 6.05. The van der Waals surface area contributed by atoms with Gasteiger partial charge in [-0.15, -0.1) is 0 Å². The summed E-state index contributed by atoms with van der Waals surface area (Å²) < 4.78 is 22.2. The lowest BCUT2D eigenvalue weighted by Gasteiger charge is -2.11. The number of nitrogens with one attached hydrogen (secondary N) is 1. The molecule has 0 bridgehead atoms. The number of Topliss-reactive ketones (excluding diaryl/α,β-unsaturated/α-hetero) is 1. The number of ketones is 1. The number of benzene rings is 2. The van der Waals surface area contributed by atoms with Gasteiger partial charge in [-0.3, -0.25) is 9.59 Å². The van der Waals surface area contributed by atoms with Crippen LogP contribution in [0.3, 0.4) is 0 Å². The number of carbonyl (C=O) groups excluding carboxylic acids is 4. The molecule has 2 aromatic carbocycles. The van der Waals surface area contributed by atoms with E-state index in [1.807, 2.05) is 0 Å². The number of carbonyl (C=O) groups is 4. The minimum absolute atomic E-state index is 0.0494. The molecule has 8 heteroatoms. The van der Waals surface area contributed by atoms with Crippen molar-refractivity contribution in [3.8, 4) is 0 Å². The Morgan fingerprint density at radius 3 is 2.07 bits per heavy atom. The molecule has 2 rings (SSSR count). The molecule has 7 nitrogen and oxygen atoms in total. The summed E-state index contributed by atoms with van der Waals surface area (Å²) in [4.78, 5) is 47.8. The van der Waals surface area contributed by atoms with Crippen LogP contribution < -0.4 is 5.32 Å². The summed E-state index contributed by atoms with van der Waals surface area (Å²) in [5.74, 6) is -2.67. The Balaban J connectivity index is 2.10. The molecule has 0 saturated carbocycles. The maximum atomic E-state index is 12.9. The van der Waals surface area contributed by atoms with Crippen LogP contribution in [0.15, 0.2) is 42.5 Å². The van der Waals surface area contributed by atoms with Crippen molar-refractivity contribution in [1.82, 2.24) is 0 Å². The van der Waals surface area contributed by atoms with Crippen molar-refractivity contribution in [2.24, 2.45) is 0 Å². The van der Waals surface area contributed by atoms with E-state index in [2.05, 4.69) is 14.8 Å². The van der Waals surface area contributed by atoms with E-state index in [1.165, 1.54) is 44.6 Å². The molecule has 0 unspecified atom stereocenters. The number of rotatable bonds is 7. The van der Waals surface area contributed by atoms with E-state index in [0.717, 1.165) is 12.1 Å². The molecule has 1 N–H and O–H groups in total. The highest BCUT2D eigenvalue weighted by Gasteiger charge is 2.18. The number of amides is 1. The van der Waals surface area contributed by atoms with E-state index in [0.29, 0.717) is 0 Å². The Hall–Kier alpha value is -3.55. The van der Waals surface area contributed by atoms with Crippen LogP contribution in [0.25, 0.3) is 0 Å². The van der Waals surface area contributed by atoms with Gasteiger partial charge in [-0.2, -0.15) is 0 Å². The van der Waals surface area contributed by atoms with Gasteiger partial charge in [0.05, 0.1) is 31.0 Å². The van der Waals surface area contributed by atoms with Crippen LogP contribution in [0.2, 0.25) is 0 Å². The molecule has 28 heavy (non-hydrogen) atoms. The van der Waals surface area contributed by atoms with Gasteiger partial charge in [0.2, 0.25) is 5.91 Å². The molecule has 0 aliphatic rings. The number of esters is 2. The SMILES string of the molecule is COC(=O)c1ccc(C(=O)OC)c(NC(=O)CCC(=O)c2ccc(F)cc2)c1. The Morgan fingerprint density at radius 2 is 1.46 bits per heavy atom. The second kappa shape index (κ2) is 9.40. The molecule has 0 spiro atoms. The molecular weight excluding hydrogens is 369 g/mol. The predicted molar refractivity (Wildman–Crippen MR) is 97.7 cm³/mol. The van der Waals surface area contributed by atoms with E-state index in [-0.39, 0.29) is 41.0 Å². The molecule has 0 fully saturated rings. The number of halogens is 1. The summed E-state index contributed by atoms with van der Waals surface area (Å²) >= 11 is 0. The van der Waals surface area contributed by atoms with Gasteiger partial charge in [0.1, 0.15) is 5.82 Å². The molecule has 1 amide bonds. The van der Waals surface area contributed by atoms with Crippen molar-refractivity contribution in [3.05, 3.63) is 65.0 Å². The molecule has 2 aromatic rings. The fraction of sp³-hybridized carbons (Fsp3) is 0.200. The van der Waals surface area contributed by atoms with Crippen LogP contribution in [-0.2, 0) is 14.3 Å². The first-order chi connectivity index (χ1) is 13.3. The predicted octanol–water partition coefficient (Wildman–Crippen LogP) is 3.00. The van der Waals surface area contributed by atoms with Crippen LogP contribution in [-0.4, -0.2) is 37.8 Å². The van der Waals surface area contributed by atoms with E-state index in [1.54, 1.807) is 0 Å². The van der Waals surface area contributed by atoms with E-state index >= 15 is 0 Å². The van der Waals surface area contributed by atoms with Crippen molar-refractivity contribution >= 4 is 29.3 Å². The standard InChI is InChI=1S/C20H18FNO6/c1-27-19(25)13-5-8-15(20(26)28-2)16(11-13)22-18(24)10-9-17(23)12-3-6-14(21)7-4-12/h3-8,11H,9-10H2,1-2H3,(H,22,24). The van der Waals surface area contributed by atoms with Gasteiger partial charge in [-0.25, -0.2) is 14.0 Å². The molecule has 0 atom stereocenters. The zero-order valence-electron chi connectivity index (χ0n) is 15.3. The van der Waals surface area contributed by atoms with Crippen molar-refractivity contribution < 1.29 is 33.0 Å². The molecule has 0 heterocycles. The number of hydrogen-bond donors (Lipinski definition) is 1. The third-order valence-corrected chi connectivity index (χ3v) is 3.87. The first-order valence-corrected chi connectivity index (χ1v) is 8.25. The van der Waals surface area contributed by atoms with E-state index < -0.39 is 23.7 Å². The van der Waals surface area contributed by atoms with Crippen LogP contribution in [0.1, 0.15) is 43.9 Å². The van der Waals surface area contributed by atoms with Crippen LogP contribution in [0.4, 0.5) is 10.1 Å².